The van der Waals surface area contributed by atoms with E-state index in [1.54, 1.807) is 31.3 Å². The van der Waals surface area contributed by atoms with Crippen molar-refractivity contribution in [1.82, 2.24) is 9.80 Å². The second kappa shape index (κ2) is 7.31. The van der Waals surface area contributed by atoms with E-state index < -0.39 is 34.7 Å². The molecule has 2 aromatic carbocycles. The number of fused-ring (bicyclic) bond motifs is 2. The van der Waals surface area contributed by atoms with Crippen LogP contribution in [0.15, 0.2) is 54.1 Å². The Bertz CT molecular complexity index is 1130. The van der Waals surface area contributed by atoms with E-state index in [9.17, 15) is 23.9 Å². The number of aliphatic hydroxyl groups is 1. The van der Waals surface area contributed by atoms with Crippen LogP contribution >= 0.6 is 0 Å². The van der Waals surface area contributed by atoms with Crippen molar-refractivity contribution in [3.05, 3.63) is 71.0 Å². The van der Waals surface area contributed by atoms with Gasteiger partial charge in [-0.1, -0.05) is 18.2 Å². The van der Waals surface area contributed by atoms with E-state index in [-0.39, 0.29) is 17.7 Å². The highest BCUT2D eigenvalue weighted by atomic mass is 19.1. The summed E-state index contributed by atoms with van der Waals surface area (Å²) < 4.78 is 13.4. The molecular formula is C23H22FN3O4. The molecule has 0 bridgehead atoms. The fraction of sp³-hybridized carbons (Fsp3) is 0.261. The molecule has 0 saturated carbocycles. The Kier molecular flexibility index (Phi) is 4.89. The number of aliphatic hydroxyl groups excluding tert-OH is 1. The van der Waals surface area contributed by atoms with E-state index in [0.717, 1.165) is 12.1 Å². The number of nitrogens with zero attached hydrogens (tertiary/aromatic N) is 3. The zero-order valence-corrected chi connectivity index (χ0v) is 17.4. The molecule has 4 rings (SSSR count). The van der Waals surface area contributed by atoms with Gasteiger partial charge in [-0.15, -0.1) is 0 Å². The van der Waals surface area contributed by atoms with E-state index in [1.165, 1.54) is 21.9 Å². The molecule has 2 aromatic rings. The van der Waals surface area contributed by atoms with Crippen molar-refractivity contribution in [2.75, 3.05) is 39.1 Å². The fourth-order valence-electron chi connectivity index (χ4n) is 4.32. The van der Waals surface area contributed by atoms with Gasteiger partial charge < -0.3 is 19.8 Å². The quantitative estimate of drug-likeness (QED) is 0.462. The van der Waals surface area contributed by atoms with Gasteiger partial charge in [0.2, 0.25) is 0 Å². The van der Waals surface area contributed by atoms with Crippen LogP contribution in [-0.2, 0) is 19.9 Å². The Balaban J connectivity index is 2.04. The second-order valence-corrected chi connectivity index (χ2v) is 7.91. The van der Waals surface area contributed by atoms with Crippen LogP contribution in [0, 0.1) is 5.82 Å². The average Bonchev–Trinajstić information content (AvgIpc) is 3.11. The van der Waals surface area contributed by atoms with Crippen LogP contribution in [0.1, 0.15) is 11.1 Å². The Morgan fingerprint density at radius 1 is 1.06 bits per heavy atom. The van der Waals surface area contributed by atoms with Crippen LogP contribution in [0.25, 0.3) is 5.76 Å². The summed E-state index contributed by atoms with van der Waals surface area (Å²) in [4.78, 5) is 44.5. The van der Waals surface area contributed by atoms with E-state index in [4.69, 9.17) is 0 Å². The molecule has 2 amide bonds. The lowest BCUT2D eigenvalue weighted by molar-refractivity contribution is -0.143. The molecule has 2 aliphatic heterocycles. The highest BCUT2D eigenvalue weighted by molar-refractivity contribution is 6.50. The molecule has 1 saturated heterocycles. The number of carbonyl (C=O) groups is 3. The average molecular weight is 423 g/mol. The molecule has 2 heterocycles. The largest absolute Gasteiger partial charge is 0.507 e. The fourth-order valence-corrected chi connectivity index (χ4v) is 4.32. The van der Waals surface area contributed by atoms with Crippen LogP contribution in [0.4, 0.5) is 10.1 Å². The number of rotatable bonds is 4. The van der Waals surface area contributed by atoms with Crippen LogP contribution in [0.5, 0.6) is 0 Å². The van der Waals surface area contributed by atoms with Gasteiger partial charge in [-0.3, -0.25) is 14.4 Å². The minimum absolute atomic E-state index is 0.103. The molecule has 0 aromatic heterocycles. The number of carbonyl (C=O) groups excluding carboxylic acids is 3. The Hall–Kier alpha value is -3.52. The second-order valence-electron chi connectivity index (χ2n) is 7.91. The number of hydrogen-bond donors (Lipinski definition) is 1. The highest BCUT2D eigenvalue weighted by Crippen LogP contribution is 2.53. The molecule has 1 fully saturated rings. The molecule has 1 unspecified atom stereocenters. The number of amides is 2. The molecule has 1 atom stereocenters. The predicted octanol–water partition coefficient (Wildman–Crippen LogP) is 1.94. The van der Waals surface area contributed by atoms with Crippen LogP contribution in [0.3, 0.4) is 0 Å². The number of likely N-dealkylation sites (N-methyl/N-ethyl adjacent to an activating group) is 2. The van der Waals surface area contributed by atoms with Gasteiger partial charge >= 0.3 is 0 Å². The standard InChI is InChI=1S/C23H22FN3O4/c1-25(2)12-13-27-21(30)20(29)18(19(28)14-8-10-15(24)11-9-14)23(27)16-6-4-5-7-17(16)26(3)22(23)31/h4-11,28H,12-13H2,1-3H3. The third-order valence-electron chi connectivity index (χ3n) is 5.83. The molecule has 1 spiro atoms. The summed E-state index contributed by atoms with van der Waals surface area (Å²) >= 11 is 0. The molecule has 7 nitrogen and oxygen atoms in total. The van der Waals surface area contributed by atoms with E-state index >= 15 is 0 Å². The van der Waals surface area contributed by atoms with Crippen molar-refractivity contribution >= 4 is 29.0 Å². The number of para-hydroxylation sites is 1. The monoisotopic (exact) mass is 423 g/mol. The van der Waals surface area contributed by atoms with Crippen LogP contribution < -0.4 is 4.90 Å². The third-order valence-corrected chi connectivity index (χ3v) is 5.83. The van der Waals surface area contributed by atoms with E-state index in [2.05, 4.69) is 0 Å². The van der Waals surface area contributed by atoms with Crippen molar-refractivity contribution in [2.24, 2.45) is 0 Å². The van der Waals surface area contributed by atoms with Crippen molar-refractivity contribution in [3.63, 3.8) is 0 Å². The SMILES string of the molecule is CN(C)CCN1C(=O)C(=O)C(=C(O)c2ccc(F)cc2)C12C(=O)N(C)c1ccccc12. The highest BCUT2D eigenvalue weighted by Gasteiger charge is 2.66. The van der Waals surface area contributed by atoms with Gasteiger partial charge in [-0.05, 0) is 44.4 Å². The van der Waals surface area contributed by atoms with E-state index in [1.807, 2.05) is 19.0 Å². The number of anilines is 1. The maximum Gasteiger partial charge on any atom is 0.296 e. The van der Waals surface area contributed by atoms with Crippen molar-refractivity contribution < 1.29 is 23.9 Å². The maximum absolute atomic E-state index is 13.7. The van der Waals surface area contributed by atoms with Gasteiger partial charge in [-0.25, -0.2) is 4.39 Å². The topological polar surface area (TPSA) is 81.2 Å². The zero-order chi connectivity index (χ0) is 22.5. The van der Waals surface area contributed by atoms with Gasteiger partial charge in [0, 0.05) is 37.0 Å². The normalized spacial score (nSPS) is 22.2. The summed E-state index contributed by atoms with van der Waals surface area (Å²) in [6, 6.07) is 11.8. The molecule has 2 aliphatic rings. The van der Waals surface area contributed by atoms with Crippen molar-refractivity contribution in [1.29, 1.82) is 0 Å². The third kappa shape index (κ3) is 2.86. The van der Waals surface area contributed by atoms with Crippen molar-refractivity contribution in [2.45, 2.75) is 5.54 Å². The van der Waals surface area contributed by atoms with E-state index in [0.29, 0.717) is 17.8 Å². The van der Waals surface area contributed by atoms with Crippen LogP contribution in [-0.4, -0.2) is 66.7 Å². The lowest BCUT2D eigenvalue weighted by Gasteiger charge is -2.34. The number of Topliss-reactive ketones (excluding diaryl/α,β-unsaturated/α-hetero) is 1. The minimum Gasteiger partial charge on any atom is -0.507 e. The van der Waals surface area contributed by atoms with Gasteiger partial charge in [0.15, 0.2) is 5.54 Å². The summed E-state index contributed by atoms with van der Waals surface area (Å²) in [6.07, 6.45) is 0. The number of ketones is 1. The first-order valence-electron chi connectivity index (χ1n) is 9.79. The van der Waals surface area contributed by atoms with Gasteiger partial charge in [0.1, 0.15) is 11.6 Å². The molecule has 160 valence electrons. The molecule has 8 heteroatoms. The molecule has 0 aliphatic carbocycles. The lowest BCUT2D eigenvalue weighted by Crippen LogP contribution is -2.52. The smallest absolute Gasteiger partial charge is 0.296 e. The summed E-state index contributed by atoms with van der Waals surface area (Å²) in [6.45, 7) is 0.510. The predicted molar refractivity (Wildman–Crippen MR) is 113 cm³/mol. The van der Waals surface area contributed by atoms with Gasteiger partial charge in [-0.2, -0.15) is 0 Å². The van der Waals surface area contributed by atoms with Crippen molar-refractivity contribution in [3.8, 4) is 0 Å². The zero-order valence-electron chi connectivity index (χ0n) is 17.4. The Morgan fingerprint density at radius 2 is 1.71 bits per heavy atom. The maximum atomic E-state index is 13.7. The first kappa shape index (κ1) is 20.7. The number of halogens is 1. The molecular weight excluding hydrogens is 401 g/mol. The first-order valence-corrected chi connectivity index (χ1v) is 9.79. The van der Waals surface area contributed by atoms with Gasteiger partial charge in [0.05, 0.1) is 5.57 Å². The molecule has 0 radical (unpaired) electrons. The summed E-state index contributed by atoms with van der Waals surface area (Å²) in [5, 5.41) is 11.1. The summed E-state index contributed by atoms with van der Waals surface area (Å²) in [5.41, 5.74) is -0.942. The van der Waals surface area contributed by atoms with Gasteiger partial charge in [0.25, 0.3) is 17.6 Å². The number of likely N-dealkylation sites (tertiary alicyclic amines) is 1. The Morgan fingerprint density at radius 3 is 2.35 bits per heavy atom. The summed E-state index contributed by atoms with van der Waals surface area (Å²) in [7, 11) is 5.20. The number of hydrogen-bond acceptors (Lipinski definition) is 5. The molecule has 31 heavy (non-hydrogen) atoms. The summed E-state index contributed by atoms with van der Waals surface area (Å²) in [5.74, 6) is -3.33. The lowest BCUT2D eigenvalue weighted by atomic mass is 9.82. The molecule has 1 N–H and O–H groups in total. The number of benzene rings is 2. The minimum atomic E-state index is -1.78. The Labute approximate surface area is 179 Å². The first-order chi connectivity index (χ1) is 14.7. The van der Waals surface area contributed by atoms with Crippen LogP contribution in [0.2, 0.25) is 0 Å².